The summed E-state index contributed by atoms with van der Waals surface area (Å²) in [4.78, 5) is 29.0. The molecule has 0 aliphatic heterocycles. The van der Waals surface area contributed by atoms with Crippen molar-refractivity contribution in [1.29, 1.82) is 0 Å². The van der Waals surface area contributed by atoms with Gasteiger partial charge in [0.05, 0.1) is 29.8 Å². The van der Waals surface area contributed by atoms with E-state index in [1.165, 1.54) is 30.1 Å². The Hall–Kier alpha value is -3.21. The number of carbonyl (C=O) groups is 1. The molecule has 190 valence electrons. The molecule has 37 heavy (non-hydrogen) atoms. The minimum absolute atomic E-state index is 0.0741. The van der Waals surface area contributed by atoms with Gasteiger partial charge in [-0.05, 0) is 57.9 Å². The summed E-state index contributed by atoms with van der Waals surface area (Å²) in [5.41, 5.74) is 1.66. The van der Waals surface area contributed by atoms with Gasteiger partial charge in [-0.25, -0.2) is 9.78 Å². The molecular formula is C26H20Br2ClN3O5. The predicted octanol–water partition coefficient (Wildman–Crippen LogP) is 6.31. The van der Waals surface area contributed by atoms with Crippen LogP contribution in [-0.2, 0) is 13.0 Å². The van der Waals surface area contributed by atoms with Crippen LogP contribution in [-0.4, -0.2) is 34.1 Å². The fourth-order valence-corrected chi connectivity index (χ4v) is 4.61. The Bertz CT molecular complexity index is 1600. The number of halogens is 3. The Morgan fingerprint density at radius 2 is 2.00 bits per heavy atom. The van der Waals surface area contributed by atoms with E-state index in [1.54, 1.807) is 30.3 Å². The molecule has 1 heterocycles. The van der Waals surface area contributed by atoms with Crippen molar-refractivity contribution < 1.29 is 19.4 Å². The molecule has 4 rings (SSSR count). The van der Waals surface area contributed by atoms with Gasteiger partial charge >= 0.3 is 5.97 Å². The van der Waals surface area contributed by atoms with Crippen molar-refractivity contribution in [3.63, 3.8) is 0 Å². The number of aryl methyl sites for hydroxylation is 1. The first-order chi connectivity index (χ1) is 17.7. The maximum atomic E-state index is 13.2. The highest BCUT2D eigenvalue weighted by molar-refractivity contribution is 9.10. The zero-order valence-electron chi connectivity index (χ0n) is 19.7. The van der Waals surface area contributed by atoms with E-state index < -0.39 is 5.97 Å². The van der Waals surface area contributed by atoms with E-state index in [4.69, 9.17) is 21.1 Å². The smallest absolute Gasteiger partial charge is 0.335 e. The molecule has 0 radical (unpaired) electrons. The summed E-state index contributed by atoms with van der Waals surface area (Å²) in [6.07, 6.45) is 1.99. The van der Waals surface area contributed by atoms with Crippen LogP contribution in [0.3, 0.4) is 0 Å². The first-order valence-corrected chi connectivity index (χ1v) is 13.0. The van der Waals surface area contributed by atoms with Crippen molar-refractivity contribution in [3.05, 3.63) is 95.4 Å². The number of rotatable bonds is 8. The Morgan fingerprint density at radius 1 is 1.22 bits per heavy atom. The van der Waals surface area contributed by atoms with Gasteiger partial charge in [-0.2, -0.15) is 9.78 Å². The van der Waals surface area contributed by atoms with Gasteiger partial charge in [0.15, 0.2) is 11.5 Å². The Morgan fingerprint density at radius 3 is 2.70 bits per heavy atom. The fourth-order valence-electron chi connectivity index (χ4n) is 3.60. The number of nitrogens with zero attached hydrogens (tertiary/aromatic N) is 3. The zero-order chi connectivity index (χ0) is 26.7. The summed E-state index contributed by atoms with van der Waals surface area (Å²) in [7, 11) is 1.48. The summed E-state index contributed by atoms with van der Waals surface area (Å²) in [5.74, 6) is 0.0995. The van der Waals surface area contributed by atoms with Gasteiger partial charge in [0.1, 0.15) is 17.5 Å². The van der Waals surface area contributed by atoms with Crippen LogP contribution in [0.25, 0.3) is 10.9 Å². The van der Waals surface area contributed by atoms with Crippen LogP contribution in [0.15, 0.2) is 67.4 Å². The second-order valence-electron chi connectivity index (χ2n) is 7.82. The van der Waals surface area contributed by atoms with Gasteiger partial charge in [0.25, 0.3) is 5.56 Å². The summed E-state index contributed by atoms with van der Waals surface area (Å²) in [6, 6.07) is 13.4. The number of aromatic nitrogens is 2. The Balaban J connectivity index is 1.69. The molecule has 4 aromatic rings. The number of carboxylic acid groups (broad SMARTS) is 1. The van der Waals surface area contributed by atoms with E-state index in [2.05, 4.69) is 41.9 Å². The first-order valence-electron chi connectivity index (χ1n) is 11.0. The maximum Gasteiger partial charge on any atom is 0.335 e. The number of carboxylic acids is 1. The minimum atomic E-state index is -1.02. The molecule has 0 bridgehead atoms. The fraction of sp³-hybridized carbons (Fsp3) is 0.154. The molecule has 1 aromatic heterocycles. The highest BCUT2D eigenvalue weighted by Gasteiger charge is 2.18. The average molecular weight is 650 g/mol. The van der Waals surface area contributed by atoms with Gasteiger partial charge in [0, 0.05) is 20.9 Å². The predicted molar refractivity (Wildman–Crippen MR) is 150 cm³/mol. The topological polar surface area (TPSA) is 103 Å². The van der Waals surface area contributed by atoms with Crippen molar-refractivity contribution in [2.45, 2.75) is 20.0 Å². The van der Waals surface area contributed by atoms with Crippen LogP contribution in [0.1, 0.15) is 34.2 Å². The maximum absolute atomic E-state index is 13.2. The van der Waals surface area contributed by atoms with Gasteiger partial charge in [-0.15, -0.1) is 0 Å². The number of fused-ring (bicyclic) bond motifs is 1. The van der Waals surface area contributed by atoms with Crippen molar-refractivity contribution in [1.82, 2.24) is 9.66 Å². The molecule has 0 unspecified atom stereocenters. The summed E-state index contributed by atoms with van der Waals surface area (Å²) >= 11 is 13.5. The lowest BCUT2D eigenvalue weighted by Crippen LogP contribution is -2.22. The normalized spacial score (nSPS) is 11.3. The molecule has 11 heteroatoms. The van der Waals surface area contributed by atoms with Crippen molar-refractivity contribution in [3.8, 4) is 11.5 Å². The van der Waals surface area contributed by atoms with Gasteiger partial charge < -0.3 is 14.6 Å². The SMILES string of the molecule is CCc1nc2ccc(Br)cc2c(=O)n1N=Cc1cc(OC)c(OCc2cccc(C(=O)O)c2)c(Cl)c1Br. The number of hydrogen-bond acceptors (Lipinski definition) is 6. The number of methoxy groups -OCH3 is 1. The van der Waals surface area contributed by atoms with E-state index in [-0.39, 0.29) is 28.5 Å². The lowest BCUT2D eigenvalue weighted by atomic mass is 10.1. The highest BCUT2D eigenvalue weighted by atomic mass is 79.9. The summed E-state index contributed by atoms with van der Waals surface area (Å²) in [6.45, 7) is 1.97. The first kappa shape index (κ1) is 26.8. The molecule has 0 aliphatic carbocycles. The van der Waals surface area contributed by atoms with Gasteiger partial charge in [0.2, 0.25) is 0 Å². The molecular weight excluding hydrogens is 630 g/mol. The standard InChI is InChI=1S/C26H20Br2ClN3O5/c1-3-21-31-19-8-7-17(27)11-18(19)25(33)32(21)30-12-16-10-20(36-2)24(23(29)22(16)28)37-13-14-5-4-6-15(9-14)26(34)35/h4-12H,3,13H2,1-2H3,(H,34,35). The van der Waals surface area contributed by atoms with Crippen molar-refractivity contribution in [2.24, 2.45) is 5.10 Å². The van der Waals surface area contributed by atoms with E-state index in [1.807, 2.05) is 13.0 Å². The van der Waals surface area contributed by atoms with Gasteiger partial charge in [-0.3, -0.25) is 4.79 Å². The number of ether oxygens (including phenoxy) is 2. The largest absolute Gasteiger partial charge is 0.493 e. The second kappa shape index (κ2) is 11.5. The molecule has 3 aromatic carbocycles. The molecule has 0 saturated heterocycles. The van der Waals surface area contributed by atoms with E-state index in [0.717, 1.165) is 4.47 Å². The van der Waals surface area contributed by atoms with Crippen LogP contribution in [0, 0.1) is 0 Å². The molecule has 0 atom stereocenters. The Labute approximate surface area is 233 Å². The third-order valence-corrected chi connectivity index (χ3v) is 7.37. The van der Waals surface area contributed by atoms with E-state index in [0.29, 0.717) is 44.5 Å². The Kier molecular flexibility index (Phi) is 8.31. The van der Waals surface area contributed by atoms with Crippen molar-refractivity contribution in [2.75, 3.05) is 7.11 Å². The molecule has 8 nitrogen and oxygen atoms in total. The quantitative estimate of drug-likeness (QED) is 0.225. The summed E-state index contributed by atoms with van der Waals surface area (Å²) in [5, 5.41) is 14.3. The average Bonchev–Trinajstić information content (AvgIpc) is 2.89. The van der Waals surface area contributed by atoms with Crippen LogP contribution >= 0.6 is 43.5 Å². The molecule has 0 amide bonds. The highest BCUT2D eigenvalue weighted by Crippen LogP contribution is 2.42. The van der Waals surface area contributed by atoms with Gasteiger partial charge in [-0.1, -0.05) is 46.6 Å². The lowest BCUT2D eigenvalue weighted by molar-refractivity contribution is 0.0696. The van der Waals surface area contributed by atoms with Crippen LogP contribution < -0.4 is 15.0 Å². The third-order valence-electron chi connectivity index (χ3n) is 5.44. The molecule has 0 fully saturated rings. The minimum Gasteiger partial charge on any atom is -0.493 e. The third kappa shape index (κ3) is 5.71. The number of aromatic carboxylic acids is 1. The second-order valence-corrected chi connectivity index (χ2v) is 9.91. The molecule has 0 spiro atoms. The molecule has 0 saturated carbocycles. The monoisotopic (exact) mass is 647 g/mol. The van der Waals surface area contributed by atoms with Crippen LogP contribution in [0.2, 0.25) is 5.02 Å². The number of hydrogen-bond donors (Lipinski definition) is 1. The lowest BCUT2D eigenvalue weighted by Gasteiger charge is -2.15. The van der Waals surface area contributed by atoms with E-state index >= 15 is 0 Å². The zero-order valence-corrected chi connectivity index (χ0v) is 23.6. The van der Waals surface area contributed by atoms with Crippen LogP contribution in [0.5, 0.6) is 11.5 Å². The van der Waals surface area contributed by atoms with E-state index in [9.17, 15) is 14.7 Å². The molecule has 1 N–H and O–H groups in total. The summed E-state index contributed by atoms with van der Waals surface area (Å²) < 4.78 is 13.9. The van der Waals surface area contributed by atoms with Crippen LogP contribution in [0.4, 0.5) is 0 Å². The molecule has 0 aliphatic rings. The van der Waals surface area contributed by atoms with Crippen molar-refractivity contribution >= 4 is 66.5 Å². The number of benzene rings is 3.